The molecule has 0 aromatic heterocycles. The van der Waals surface area contributed by atoms with Gasteiger partial charge in [-0.25, -0.2) is 0 Å². The van der Waals surface area contributed by atoms with Gasteiger partial charge in [0, 0.05) is 62.9 Å². The largest absolute Gasteiger partial charge is 0.434 e. The molecule has 0 radical (unpaired) electrons. The highest BCUT2D eigenvalue weighted by Crippen LogP contribution is 2.18. The van der Waals surface area contributed by atoms with Crippen molar-refractivity contribution in [1.29, 1.82) is 0 Å². The van der Waals surface area contributed by atoms with Crippen LogP contribution in [-0.4, -0.2) is 128 Å². The van der Waals surface area contributed by atoms with Gasteiger partial charge in [0.05, 0.1) is 92.1 Å². The van der Waals surface area contributed by atoms with Crippen molar-refractivity contribution in [2.24, 2.45) is 0 Å². The lowest BCUT2D eigenvalue weighted by Gasteiger charge is -2.11. The van der Waals surface area contributed by atoms with Gasteiger partial charge in [-0.15, -0.1) is 0 Å². The topological polar surface area (TPSA) is 185 Å². The Balaban J connectivity index is 1.23. The van der Waals surface area contributed by atoms with E-state index in [0.29, 0.717) is 85.7 Å². The lowest BCUT2D eigenvalue weighted by Crippen LogP contribution is -2.17. The number of hydrogen-bond acceptors (Lipinski definition) is 15. The molecule has 0 spiro atoms. The number of allylic oxidation sites excluding steroid dienone is 2. The molecule has 270 valence electrons. The van der Waals surface area contributed by atoms with Gasteiger partial charge in [-0.2, -0.15) is 0 Å². The highest BCUT2D eigenvalue weighted by Gasteiger charge is 2.22. The van der Waals surface area contributed by atoms with E-state index in [1.165, 1.54) is 0 Å². The van der Waals surface area contributed by atoms with Crippen LogP contribution in [0.4, 0.5) is 0 Å². The van der Waals surface area contributed by atoms with E-state index in [1.54, 1.807) is 0 Å². The second-order valence-corrected chi connectivity index (χ2v) is 10.7. The third kappa shape index (κ3) is 20.9. The molecular formula is C33H48O15. The average Bonchev–Trinajstić information content (AvgIpc) is 3.07. The minimum atomic E-state index is -0.538. The van der Waals surface area contributed by atoms with Crippen LogP contribution in [0.2, 0.25) is 0 Å². The van der Waals surface area contributed by atoms with E-state index in [2.05, 4.69) is 0 Å². The van der Waals surface area contributed by atoms with Crippen molar-refractivity contribution in [2.45, 2.75) is 57.8 Å². The van der Waals surface area contributed by atoms with Crippen molar-refractivity contribution in [3.05, 3.63) is 23.7 Å². The van der Waals surface area contributed by atoms with Gasteiger partial charge in [0.15, 0.2) is 11.6 Å². The first-order valence-electron chi connectivity index (χ1n) is 16.3. The standard InChI is InChI=1S/C33H48O15/c34-28-2-4-30(36)26(22-28)24-47-32(38)6-10-42-14-12-40-8-1-9-41-13-16-44-18-20-46-21-19-45-17-15-43-11-7-33(39)48-25-27-23-29(35)3-5-31(27)37/h24-25H,1-23H2/b26-24-,27-25-. The predicted octanol–water partition coefficient (Wildman–Crippen LogP) is 1.77. The Hall–Kier alpha value is -3.18. The van der Waals surface area contributed by atoms with E-state index in [4.69, 9.17) is 42.6 Å². The third-order valence-corrected chi connectivity index (χ3v) is 6.76. The molecule has 0 N–H and O–H groups in total. The molecule has 2 saturated carbocycles. The molecule has 2 fully saturated rings. The molecule has 2 rings (SSSR count). The Kier molecular flexibility index (Phi) is 22.8. The van der Waals surface area contributed by atoms with Gasteiger partial charge in [0.2, 0.25) is 0 Å². The van der Waals surface area contributed by atoms with Gasteiger partial charge in [-0.1, -0.05) is 0 Å². The molecule has 2 aliphatic carbocycles. The second kappa shape index (κ2) is 26.7. The van der Waals surface area contributed by atoms with E-state index in [9.17, 15) is 28.8 Å². The predicted molar refractivity (Wildman–Crippen MR) is 166 cm³/mol. The number of hydrogen-bond donors (Lipinski definition) is 0. The van der Waals surface area contributed by atoms with Crippen LogP contribution in [0.15, 0.2) is 23.7 Å². The van der Waals surface area contributed by atoms with Crippen LogP contribution < -0.4 is 0 Å². The summed E-state index contributed by atoms with van der Waals surface area (Å²) in [7, 11) is 0. The number of Topliss-reactive ketones (excluding diaryl/α,β-unsaturated/α-hetero) is 4. The van der Waals surface area contributed by atoms with Crippen LogP contribution >= 0.6 is 0 Å². The van der Waals surface area contributed by atoms with Crippen LogP contribution in [-0.2, 0) is 71.4 Å². The first-order chi connectivity index (χ1) is 23.3. The first-order valence-corrected chi connectivity index (χ1v) is 16.3. The fourth-order valence-electron chi connectivity index (χ4n) is 4.11. The fourth-order valence-corrected chi connectivity index (χ4v) is 4.11. The maximum absolute atomic E-state index is 11.7. The minimum Gasteiger partial charge on any atom is -0.434 e. The smallest absolute Gasteiger partial charge is 0.312 e. The summed E-state index contributed by atoms with van der Waals surface area (Å²) in [5.74, 6) is -1.48. The van der Waals surface area contributed by atoms with Gasteiger partial charge in [-0.05, 0) is 6.42 Å². The van der Waals surface area contributed by atoms with Gasteiger partial charge in [-0.3, -0.25) is 28.8 Å². The number of carbonyl (C=O) groups is 6. The number of ether oxygens (including phenoxy) is 9. The molecule has 0 saturated heterocycles. The molecule has 0 unspecified atom stereocenters. The molecule has 0 aromatic rings. The zero-order valence-electron chi connectivity index (χ0n) is 27.5. The van der Waals surface area contributed by atoms with E-state index in [-0.39, 0.29) is 98.9 Å². The van der Waals surface area contributed by atoms with Gasteiger partial charge in [0.25, 0.3) is 0 Å². The van der Waals surface area contributed by atoms with Crippen LogP contribution in [0.25, 0.3) is 0 Å². The Bertz CT molecular complexity index is 997. The Morgan fingerprint density at radius 2 is 0.750 bits per heavy atom. The van der Waals surface area contributed by atoms with Gasteiger partial charge < -0.3 is 42.6 Å². The SMILES string of the molecule is O=C1CCC(=O)/C(=C\OC(=O)CCOCCOCCCOCCOCCOCCOCCOCCC(=O)O/C=C2/CC(=O)CCC2=O)C1. The number of carbonyl (C=O) groups excluding carboxylic acids is 6. The third-order valence-electron chi connectivity index (χ3n) is 6.76. The Labute approximate surface area is 280 Å². The molecule has 0 amide bonds. The average molecular weight is 685 g/mol. The molecule has 0 bridgehead atoms. The molecule has 15 nitrogen and oxygen atoms in total. The summed E-state index contributed by atoms with van der Waals surface area (Å²) in [6, 6.07) is 0. The fraction of sp³-hybridized carbons (Fsp3) is 0.697. The number of ketones is 4. The van der Waals surface area contributed by atoms with Crippen molar-refractivity contribution >= 4 is 35.1 Å². The lowest BCUT2D eigenvalue weighted by molar-refractivity contribution is -0.140. The molecule has 48 heavy (non-hydrogen) atoms. The van der Waals surface area contributed by atoms with Crippen LogP contribution in [0.1, 0.15) is 57.8 Å². The van der Waals surface area contributed by atoms with E-state index in [0.717, 1.165) is 12.5 Å². The highest BCUT2D eigenvalue weighted by molar-refractivity contribution is 6.06. The Morgan fingerprint density at radius 3 is 1.10 bits per heavy atom. The van der Waals surface area contributed by atoms with Crippen LogP contribution in [0, 0.1) is 0 Å². The van der Waals surface area contributed by atoms with Crippen LogP contribution in [0.3, 0.4) is 0 Å². The molecule has 15 heteroatoms. The normalized spacial score (nSPS) is 17.0. The van der Waals surface area contributed by atoms with E-state index < -0.39 is 11.9 Å². The molecule has 0 aliphatic heterocycles. The van der Waals surface area contributed by atoms with Gasteiger partial charge >= 0.3 is 11.9 Å². The first kappa shape index (κ1) is 41.0. The maximum atomic E-state index is 11.7. The van der Waals surface area contributed by atoms with Crippen molar-refractivity contribution in [2.75, 3.05) is 92.5 Å². The molecule has 0 atom stereocenters. The summed E-state index contributed by atoms with van der Waals surface area (Å²) in [5, 5.41) is 0. The van der Waals surface area contributed by atoms with E-state index >= 15 is 0 Å². The Morgan fingerprint density at radius 1 is 0.438 bits per heavy atom. The molecule has 0 heterocycles. The quantitative estimate of drug-likeness (QED) is 0.0527. The van der Waals surface area contributed by atoms with Crippen molar-refractivity contribution in [3.63, 3.8) is 0 Å². The summed E-state index contributed by atoms with van der Waals surface area (Å²) < 4.78 is 47.7. The zero-order valence-corrected chi connectivity index (χ0v) is 27.5. The van der Waals surface area contributed by atoms with Crippen molar-refractivity contribution in [1.82, 2.24) is 0 Å². The number of esters is 2. The number of rotatable bonds is 27. The van der Waals surface area contributed by atoms with Crippen molar-refractivity contribution < 1.29 is 71.4 Å². The summed E-state index contributed by atoms with van der Waals surface area (Å²) >= 11 is 0. The molecular weight excluding hydrogens is 636 g/mol. The van der Waals surface area contributed by atoms with Crippen molar-refractivity contribution in [3.8, 4) is 0 Å². The maximum Gasteiger partial charge on any atom is 0.312 e. The van der Waals surface area contributed by atoms with E-state index in [1.807, 2.05) is 0 Å². The van der Waals surface area contributed by atoms with Crippen LogP contribution in [0.5, 0.6) is 0 Å². The summed E-state index contributed by atoms with van der Waals surface area (Å²) in [5.41, 5.74) is 0.468. The highest BCUT2D eigenvalue weighted by atomic mass is 16.6. The minimum absolute atomic E-state index is 0.00952. The summed E-state index contributed by atoms with van der Waals surface area (Å²) in [6.45, 7) is 5.29. The zero-order chi connectivity index (χ0) is 34.7. The summed E-state index contributed by atoms with van der Waals surface area (Å²) in [6.07, 6.45) is 3.75. The molecule has 0 aromatic carbocycles. The van der Waals surface area contributed by atoms with Gasteiger partial charge in [0.1, 0.15) is 24.1 Å². The molecule has 2 aliphatic rings. The summed E-state index contributed by atoms with van der Waals surface area (Å²) in [4.78, 5) is 69.6. The lowest BCUT2D eigenvalue weighted by atomic mass is 9.93. The monoisotopic (exact) mass is 684 g/mol. The second-order valence-electron chi connectivity index (χ2n) is 10.7.